The van der Waals surface area contributed by atoms with E-state index in [4.69, 9.17) is 4.74 Å². The van der Waals surface area contributed by atoms with Gasteiger partial charge < -0.3 is 15.4 Å². The molecular formula is C19H25N3O3. The molecule has 6 nitrogen and oxygen atoms in total. The summed E-state index contributed by atoms with van der Waals surface area (Å²) in [7, 11) is 1.37. The maximum absolute atomic E-state index is 12.5. The van der Waals surface area contributed by atoms with Crippen LogP contribution in [0.3, 0.4) is 0 Å². The Morgan fingerprint density at radius 3 is 2.52 bits per heavy atom. The molecule has 2 heterocycles. The van der Waals surface area contributed by atoms with Crippen LogP contribution in [0.5, 0.6) is 0 Å². The van der Waals surface area contributed by atoms with Gasteiger partial charge in [0.15, 0.2) is 0 Å². The number of methoxy groups -OCH3 is 1. The average Bonchev–Trinajstić information content (AvgIpc) is 2.62. The Kier molecular flexibility index (Phi) is 5.38. The Hall–Kier alpha value is -2.34. The van der Waals surface area contributed by atoms with E-state index in [1.165, 1.54) is 13.5 Å². The molecule has 1 aromatic rings. The van der Waals surface area contributed by atoms with Gasteiger partial charge in [0.25, 0.3) is 0 Å². The van der Waals surface area contributed by atoms with Crippen LogP contribution < -0.4 is 10.6 Å². The molecule has 134 valence electrons. The van der Waals surface area contributed by atoms with Gasteiger partial charge in [0.05, 0.1) is 18.7 Å². The number of carbonyl (C=O) groups is 2. The number of carbonyl (C=O) groups excluding carboxylic acids is 2. The third-order valence-corrected chi connectivity index (χ3v) is 4.80. The Morgan fingerprint density at radius 1 is 1.20 bits per heavy atom. The lowest BCUT2D eigenvalue weighted by Gasteiger charge is -2.33. The first-order valence-corrected chi connectivity index (χ1v) is 8.76. The van der Waals surface area contributed by atoms with Gasteiger partial charge in [-0.1, -0.05) is 36.2 Å². The van der Waals surface area contributed by atoms with Crippen LogP contribution in [0.1, 0.15) is 36.4 Å². The van der Waals surface area contributed by atoms with Gasteiger partial charge in [0, 0.05) is 12.2 Å². The van der Waals surface area contributed by atoms with E-state index in [0.717, 1.165) is 37.1 Å². The van der Waals surface area contributed by atoms with Crippen molar-refractivity contribution in [2.75, 3.05) is 26.7 Å². The summed E-state index contributed by atoms with van der Waals surface area (Å²) in [5, 5.41) is 5.68. The van der Waals surface area contributed by atoms with Crippen molar-refractivity contribution < 1.29 is 14.3 Å². The number of nitrogens with one attached hydrogen (secondary N) is 2. The molecule has 0 radical (unpaired) electrons. The van der Waals surface area contributed by atoms with E-state index in [9.17, 15) is 9.59 Å². The number of hydrogen-bond acceptors (Lipinski definition) is 4. The van der Waals surface area contributed by atoms with Gasteiger partial charge in [0.2, 0.25) is 0 Å². The molecule has 6 heteroatoms. The first-order chi connectivity index (χ1) is 12.1. The molecule has 2 N–H and O–H groups in total. The van der Waals surface area contributed by atoms with Crippen LogP contribution in [0.2, 0.25) is 0 Å². The van der Waals surface area contributed by atoms with E-state index >= 15 is 0 Å². The van der Waals surface area contributed by atoms with E-state index in [0.29, 0.717) is 17.8 Å². The molecule has 3 rings (SSSR count). The van der Waals surface area contributed by atoms with Crippen LogP contribution in [0, 0.1) is 6.92 Å². The Balaban J connectivity index is 1.96. The lowest BCUT2D eigenvalue weighted by atomic mass is 9.94. The molecule has 2 amide bonds. The van der Waals surface area contributed by atoms with Crippen LogP contribution in [0.15, 0.2) is 35.5 Å². The number of benzene rings is 1. The topological polar surface area (TPSA) is 70.7 Å². The van der Waals surface area contributed by atoms with Gasteiger partial charge in [-0.25, -0.2) is 9.59 Å². The Labute approximate surface area is 148 Å². The lowest BCUT2D eigenvalue weighted by Crippen LogP contribution is -2.48. The minimum atomic E-state index is -0.499. The van der Waals surface area contributed by atoms with E-state index in [1.807, 2.05) is 31.2 Å². The van der Waals surface area contributed by atoms with Gasteiger partial charge in [-0.15, -0.1) is 0 Å². The lowest BCUT2D eigenvalue weighted by molar-refractivity contribution is -0.136. The predicted octanol–water partition coefficient (Wildman–Crippen LogP) is 2.26. The predicted molar refractivity (Wildman–Crippen MR) is 94.9 cm³/mol. The number of urea groups is 1. The average molecular weight is 343 g/mol. The van der Waals surface area contributed by atoms with Gasteiger partial charge in [-0.05, 0) is 38.4 Å². The number of hydrogen-bond donors (Lipinski definition) is 2. The van der Waals surface area contributed by atoms with Crippen LogP contribution in [-0.4, -0.2) is 43.6 Å². The number of nitrogens with zero attached hydrogens (tertiary/aromatic N) is 1. The molecule has 1 atom stereocenters. The monoisotopic (exact) mass is 343 g/mol. The maximum atomic E-state index is 12.5. The highest BCUT2D eigenvalue weighted by molar-refractivity contribution is 5.95. The highest BCUT2D eigenvalue weighted by Gasteiger charge is 2.34. The molecule has 0 spiro atoms. The smallest absolute Gasteiger partial charge is 0.338 e. The Morgan fingerprint density at radius 2 is 1.88 bits per heavy atom. The number of ether oxygens (including phenoxy) is 1. The molecule has 25 heavy (non-hydrogen) atoms. The highest BCUT2D eigenvalue weighted by Crippen LogP contribution is 2.28. The minimum Gasteiger partial charge on any atom is -0.466 e. The van der Waals surface area contributed by atoms with Crippen molar-refractivity contribution in [3.8, 4) is 0 Å². The zero-order chi connectivity index (χ0) is 17.8. The zero-order valence-electron chi connectivity index (χ0n) is 14.8. The largest absolute Gasteiger partial charge is 0.466 e. The van der Waals surface area contributed by atoms with Crippen molar-refractivity contribution in [3.63, 3.8) is 0 Å². The minimum absolute atomic E-state index is 0.287. The number of piperidine rings is 1. The molecule has 0 aromatic heterocycles. The molecule has 0 aliphatic carbocycles. The normalized spacial score (nSPS) is 21.5. The zero-order valence-corrected chi connectivity index (χ0v) is 14.8. The third kappa shape index (κ3) is 4.02. The number of aryl methyl sites for hydroxylation is 1. The molecule has 0 unspecified atom stereocenters. The molecular weight excluding hydrogens is 318 g/mol. The second kappa shape index (κ2) is 7.70. The number of amides is 2. The molecule has 2 aliphatic rings. The van der Waals surface area contributed by atoms with Crippen LogP contribution in [-0.2, 0) is 9.53 Å². The first kappa shape index (κ1) is 17.5. The number of rotatable bonds is 4. The second-order valence-corrected chi connectivity index (χ2v) is 6.66. The van der Waals surface area contributed by atoms with Crippen molar-refractivity contribution in [3.05, 3.63) is 46.7 Å². The summed E-state index contributed by atoms with van der Waals surface area (Å²) in [6.45, 7) is 4.52. The summed E-state index contributed by atoms with van der Waals surface area (Å²) in [5.74, 6) is -0.412. The summed E-state index contributed by atoms with van der Waals surface area (Å²) in [5.41, 5.74) is 3.12. The number of esters is 1. The molecule has 1 aromatic carbocycles. The quantitative estimate of drug-likeness (QED) is 0.823. The van der Waals surface area contributed by atoms with Crippen molar-refractivity contribution in [1.82, 2.24) is 15.5 Å². The van der Waals surface area contributed by atoms with Crippen molar-refractivity contribution in [2.45, 2.75) is 32.2 Å². The molecule has 1 fully saturated rings. The van der Waals surface area contributed by atoms with Crippen LogP contribution in [0.25, 0.3) is 0 Å². The van der Waals surface area contributed by atoms with Crippen LogP contribution in [0.4, 0.5) is 4.79 Å². The second-order valence-electron chi connectivity index (χ2n) is 6.66. The summed E-state index contributed by atoms with van der Waals surface area (Å²) >= 11 is 0. The van der Waals surface area contributed by atoms with Gasteiger partial charge >= 0.3 is 12.0 Å². The Bertz CT molecular complexity index is 676. The maximum Gasteiger partial charge on any atom is 0.338 e. The first-order valence-electron chi connectivity index (χ1n) is 8.76. The fraction of sp³-hybridized carbons (Fsp3) is 0.474. The summed E-state index contributed by atoms with van der Waals surface area (Å²) < 4.78 is 5.01. The van der Waals surface area contributed by atoms with E-state index < -0.39 is 12.0 Å². The van der Waals surface area contributed by atoms with Gasteiger partial charge in [-0.2, -0.15) is 0 Å². The SMILES string of the molecule is COC(=O)C1=C(CN2CCCCC2)NC(=O)N[C@H]1c1ccc(C)cc1. The standard InChI is InChI=1S/C19H25N3O3/c1-13-6-8-14(9-7-13)17-16(18(23)25-2)15(20-19(24)21-17)12-22-10-4-3-5-11-22/h6-9,17H,3-5,10-12H2,1-2H3,(H2,20,21,24)/t17-/m0/s1. The third-order valence-electron chi connectivity index (χ3n) is 4.80. The summed E-state index contributed by atoms with van der Waals surface area (Å²) in [6.07, 6.45) is 3.53. The fourth-order valence-corrected chi connectivity index (χ4v) is 3.44. The molecule has 2 aliphatic heterocycles. The molecule has 1 saturated heterocycles. The molecule has 0 saturated carbocycles. The van der Waals surface area contributed by atoms with Crippen molar-refractivity contribution >= 4 is 12.0 Å². The van der Waals surface area contributed by atoms with Crippen molar-refractivity contribution in [2.24, 2.45) is 0 Å². The summed E-state index contributed by atoms with van der Waals surface area (Å²) in [4.78, 5) is 27.0. The molecule has 0 bridgehead atoms. The van der Waals surface area contributed by atoms with E-state index in [1.54, 1.807) is 0 Å². The summed E-state index contributed by atoms with van der Waals surface area (Å²) in [6, 6.07) is 7.04. The highest BCUT2D eigenvalue weighted by atomic mass is 16.5. The van der Waals surface area contributed by atoms with E-state index in [2.05, 4.69) is 15.5 Å². The number of likely N-dealkylation sites (tertiary alicyclic amines) is 1. The van der Waals surface area contributed by atoms with Crippen molar-refractivity contribution in [1.29, 1.82) is 0 Å². The van der Waals surface area contributed by atoms with E-state index in [-0.39, 0.29) is 6.03 Å². The van der Waals surface area contributed by atoms with Gasteiger partial charge in [-0.3, -0.25) is 4.90 Å². The fourth-order valence-electron chi connectivity index (χ4n) is 3.44. The van der Waals surface area contributed by atoms with Gasteiger partial charge in [0.1, 0.15) is 0 Å². The van der Waals surface area contributed by atoms with Crippen LogP contribution >= 0.6 is 0 Å².